The van der Waals surface area contributed by atoms with Crippen molar-refractivity contribution in [3.63, 3.8) is 0 Å². The largest absolute Gasteiger partial charge is 0.310 e. The molecule has 0 radical (unpaired) electrons. The molecule has 1 aromatic heterocycles. The molecule has 2 aromatic rings. The minimum absolute atomic E-state index is 0.106. The molecule has 1 N–H and O–H groups in total. The standard InChI is InChI=1S/C14H19N5O2/c1-11(2)7-15-8-14-16-10-17-18(14)9-12-5-3-4-6-13(12)19(20)21/h3-6,10-11,15H,7-9H2,1-2H3. The Morgan fingerprint density at radius 1 is 1.38 bits per heavy atom. The van der Waals surface area contributed by atoms with Crippen LogP contribution in [0.3, 0.4) is 0 Å². The maximum absolute atomic E-state index is 11.0. The van der Waals surface area contributed by atoms with Crippen LogP contribution in [-0.2, 0) is 13.1 Å². The van der Waals surface area contributed by atoms with Crippen molar-refractivity contribution < 1.29 is 4.92 Å². The molecule has 2 rings (SSSR count). The van der Waals surface area contributed by atoms with Gasteiger partial charge in [0.05, 0.1) is 23.6 Å². The van der Waals surface area contributed by atoms with Gasteiger partial charge in [-0.25, -0.2) is 9.67 Å². The second-order valence-corrected chi connectivity index (χ2v) is 5.24. The Hall–Kier alpha value is -2.28. The van der Waals surface area contributed by atoms with Crippen LogP contribution in [0.25, 0.3) is 0 Å². The van der Waals surface area contributed by atoms with E-state index in [2.05, 4.69) is 29.2 Å². The molecule has 0 spiro atoms. The molecule has 0 aliphatic rings. The molecule has 0 aliphatic carbocycles. The van der Waals surface area contributed by atoms with Gasteiger partial charge in [-0.15, -0.1) is 0 Å². The van der Waals surface area contributed by atoms with Gasteiger partial charge in [-0.2, -0.15) is 5.10 Å². The fraction of sp³-hybridized carbons (Fsp3) is 0.429. The molecule has 0 amide bonds. The third-order valence-electron chi connectivity index (χ3n) is 3.04. The second kappa shape index (κ2) is 6.94. The third-order valence-corrected chi connectivity index (χ3v) is 3.04. The summed E-state index contributed by atoms with van der Waals surface area (Å²) in [6, 6.07) is 6.69. The van der Waals surface area contributed by atoms with Crippen molar-refractivity contribution in [1.82, 2.24) is 20.1 Å². The van der Waals surface area contributed by atoms with Crippen molar-refractivity contribution in [2.75, 3.05) is 6.54 Å². The van der Waals surface area contributed by atoms with E-state index in [1.807, 2.05) is 0 Å². The number of hydrogen-bond donors (Lipinski definition) is 1. The zero-order chi connectivity index (χ0) is 15.2. The van der Waals surface area contributed by atoms with Gasteiger partial charge >= 0.3 is 0 Å². The van der Waals surface area contributed by atoms with Gasteiger partial charge in [-0.1, -0.05) is 32.0 Å². The van der Waals surface area contributed by atoms with Gasteiger partial charge in [0, 0.05) is 6.07 Å². The van der Waals surface area contributed by atoms with Crippen molar-refractivity contribution >= 4 is 5.69 Å². The minimum atomic E-state index is -0.372. The summed E-state index contributed by atoms with van der Waals surface area (Å²) >= 11 is 0. The first-order valence-corrected chi connectivity index (χ1v) is 6.87. The summed E-state index contributed by atoms with van der Waals surface area (Å²) < 4.78 is 1.69. The van der Waals surface area contributed by atoms with Crippen molar-refractivity contribution in [1.29, 1.82) is 0 Å². The Morgan fingerprint density at radius 3 is 2.86 bits per heavy atom. The van der Waals surface area contributed by atoms with Gasteiger partial charge in [0.15, 0.2) is 0 Å². The monoisotopic (exact) mass is 289 g/mol. The molecule has 21 heavy (non-hydrogen) atoms. The van der Waals surface area contributed by atoms with Crippen LogP contribution in [-0.4, -0.2) is 26.2 Å². The van der Waals surface area contributed by atoms with Crippen LogP contribution >= 0.6 is 0 Å². The molecular formula is C14H19N5O2. The van der Waals surface area contributed by atoms with Crippen LogP contribution in [0.1, 0.15) is 25.2 Å². The molecule has 1 aromatic carbocycles. The Morgan fingerprint density at radius 2 is 2.14 bits per heavy atom. The first-order chi connectivity index (χ1) is 10.1. The van der Waals surface area contributed by atoms with Crippen LogP contribution < -0.4 is 5.32 Å². The quantitative estimate of drug-likeness (QED) is 0.622. The first kappa shape index (κ1) is 15.1. The first-order valence-electron chi connectivity index (χ1n) is 6.87. The lowest BCUT2D eigenvalue weighted by atomic mass is 10.2. The van der Waals surface area contributed by atoms with Crippen molar-refractivity contribution in [3.05, 3.63) is 52.1 Å². The van der Waals surface area contributed by atoms with Gasteiger partial charge in [0.2, 0.25) is 0 Å². The molecule has 0 atom stereocenters. The molecule has 7 nitrogen and oxygen atoms in total. The van der Waals surface area contributed by atoms with Crippen LogP contribution in [0.2, 0.25) is 0 Å². The van der Waals surface area contributed by atoms with Crippen LogP contribution in [0.15, 0.2) is 30.6 Å². The highest BCUT2D eigenvalue weighted by Crippen LogP contribution is 2.18. The minimum Gasteiger partial charge on any atom is -0.310 e. The maximum atomic E-state index is 11.0. The third kappa shape index (κ3) is 4.09. The summed E-state index contributed by atoms with van der Waals surface area (Å²) in [5.74, 6) is 1.32. The van der Waals surface area contributed by atoms with E-state index in [0.717, 1.165) is 12.4 Å². The van der Waals surface area contributed by atoms with E-state index >= 15 is 0 Å². The Kier molecular flexibility index (Phi) is 4.99. The second-order valence-electron chi connectivity index (χ2n) is 5.24. The molecule has 0 aliphatic heterocycles. The molecule has 1 heterocycles. The average molecular weight is 289 g/mol. The summed E-state index contributed by atoms with van der Waals surface area (Å²) in [4.78, 5) is 14.9. The number of nitrogens with zero attached hydrogens (tertiary/aromatic N) is 4. The molecule has 7 heteroatoms. The number of nitrogens with one attached hydrogen (secondary N) is 1. The van der Waals surface area contributed by atoms with E-state index in [1.165, 1.54) is 12.4 Å². The van der Waals surface area contributed by atoms with Crippen LogP contribution in [0, 0.1) is 16.0 Å². The Balaban J connectivity index is 2.10. The molecule has 0 bridgehead atoms. The highest BCUT2D eigenvalue weighted by molar-refractivity contribution is 5.39. The van der Waals surface area contributed by atoms with Gasteiger partial charge in [-0.05, 0) is 12.5 Å². The lowest BCUT2D eigenvalue weighted by Gasteiger charge is -2.09. The number of nitro benzene ring substituents is 1. The number of rotatable bonds is 7. The van der Waals surface area contributed by atoms with E-state index in [-0.39, 0.29) is 10.6 Å². The highest BCUT2D eigenvalue weighted by Gasteiger charge is 2.14. The van der Waals surface area contributed by atoms with E-state index in [9.17, 15) is 10.1 Å². The van der Waals surface area contributed by atoms with Crippen molar-refractivity contribution in [3.8, 4) is 0 Å². The molecule has 0 fully saturated rings. The summed E-state index contributed by atoms with van der Waals surface area (Å²) in [6.45, 7) is 6.09. The predicted molar refractivity (Wildman–Crippen MR) is 78.8 cm³/mol. The maximum Gasteiger partial charge on any atom is 0.274 e. The zero-order valence-corrected chi connectivity index (χ0v) is 12.2. The van der Waals surface area contributed by atoms with E-state index in [1.54, 1.807) is 22.9 Å². The summed E-state index contributed by atoms with van der Waals surface area (Å²) in [5, 5.41) is 18.5. The summed E-state index contributed by atoms with van der Waals surface area (Å²) in [5.41, 5.74) is 0.729. The summed E-state index contributed by atoms with van der Waals surface area (Å²) in [6.07, 6.45) is 1.47. The van der Waals surface area contributed by atoms with Crippen molar-refractivity contribution in [2.45, 2.75) is 26.9 Å². The number of benzene rings is 1. The number of para-hydroxylation sites is 1. The lowest BCUT2D eigenvalue weighted by molar-refractivity contribution is -0.385. The van der Waals surface area contributed by atoms with E-state index < -0.39 is 0 Å². The normalized spacial score (nSPS) is 11.0. The van der Waals surface area contributed by atoms with Gasteiger partial charge < -0.3 is 5.32 Å². The number of aromatic nitrogens is 3. The van der Waals surface area contributed by atoms with Crippen LogP contribution in [0.4, 0.5) is 5.69 Å². The molecular weight excluding hydrogens is 270 g/mol. The highest BCUT2D eigenvalue weighted by atomic mass is 16.6. The van der Waals surface area contributed by atoms with E-state index in [0.29, 0.717) is 24.6 Å². The predicted octanol–water partition coefficient (Wildman–Crippen LogP) is 1.98. The molecule has 112 valence electrons. The van der Waals surface area contributed by atoms with Gasteiger partial charge in [-0.3, -0.25) is 10.1 Å². The fourth-order valence-electron chi connectivity index (χ4n) is 2.01. The lowest BCUT2D eigenvalue weighted by Crippen LogP contribution is -2.22. The zero-order valence-electron chi connectivity index (χ0n) is 12.2. The fourth-order valence-corrected chi connectivity index (χ4v) is 2.01. The smallest absolute Gasteiger partial charge is 0.274 e. The topological polar surface area (TPSA) is 85.9 Å². The summed E-state index contributed by atoms with van der Waals surface area (Å²) in [7, 11) is 0. The van der Waals surface area contributed by atoms with Gasteiger partial charge in [0.1, 0.15) is 12.2 Å². The SMILES string of the molecule is CC(C)CNCc1ncnn1Cc1ccccc1[N+](=O)[O-]. The Labute approximate surface area is 123 Å². The molecule has 0 saturated heterocycles. The Bertz CT molecular complexity index is 609. The molecule has 0 unspecified atom stereocenters. The number of hydrogen-bond acceptors (Lipinski definition) is 5. The van der Waals surface area contributed by atoms with Crippen LogP contribution in [0.5, 0.6) is 0 Å². The number of nitro groups is 1. The van der Waals surface area contributed by atoms with Crippen molar-refractivity contribution in [2.24, 2.45) is 5.92 Å². The average Bonchev–Trinajstić information content (AvgIpc) is 2.86. The van der Waals surface area contributed by atoms with Gasteiger partial charge in [0.25, 0.3) is 5.69 Å². The van der Waals surface area contributed by atoms with E-state index in [4.69, 9.17) is 0 Å². The molecule has 0 saturated carbocycles.